The number of carbonyl (C=O) groups excluding carboxylic acids is 1. The first-order valence-electron chi connectivity index (χ1n) is 3.17. The predicted octanol–water partition coefficient (Wildman–Crippen LogP) is 0.714. The topological polar surface area (TPSA) is 63.3 Å². The Hall–Kier alpha value is -0.990. The molecule has 0 heterocycles. The van der Waals surface area contributed by atoms with E-state index in [1.807, 2.05) is 0 Å². The van der Waals surface area contributed by atoms with Crippen molar-refractivity contribution in [1.29, 1.82) is 0 Å². The van der Waals surface area contributed by atoms with Gasteiger partial charge in [-0.3, -0.25) is 4.79 Å². The molecule has 10 heavy (non-hydrogen) atoms. The highest BCUT2D eigenvalue weighted by atomic mass is 16.3. The van der Waals surface area contributed by atoms with Crippen molar-refractivity contribution in [3.63, 3.8) is 0 Å². The highest BCUT2D eigenvalue weighted by molar-refractivity contribution is 5.98. The molecule has 0 spiro atoms. The summed E-state index contributed by atoms with van der Waals surface area (Å²) in [5.74, 6) is -0.111. The van der Waals surface area contributed by atoms with Crippen LogP contribution < -0.4 is 5.73 Å². The van der Waals surface area contributed by atoms with E-state index in [4.69, 9.17) is 5.73 Å². The van der Waals surface area contributed by atoms with Crippen molar-refractivity contribution in [3.8, 4) is 0 Å². The summed E-state index contributed by atoms with van der Waals surface area (Å²) >= 11 is 0. The maximum absolute atomic E-state index is 10.9. The Balaban J connectivity index is 3.06. The van der Waals surface area contributed by atoms with Crippen LogP contribution >= 0.6 is 0 Å². The van der Waals surface area contributed by atoms with Gasteiger partial charge < -0.3 is 10.8 Å². The lowest BCUT2D eigenvalue weighted by atomic mass is 9.91. The molecule has 1 aliphatic carbocycles. The van der Waals surface area contributed by atoms with Gasteiger partial charge in [0.2, 0.25) is 0 Å². The van der Waals surface area contributed by atoms with Gasteiger partial charge in [0.15, 0.2) is 5.78 Å². The summed E-state index contributed by atoms with van der Waals surface area (Å²) < 4.78 is 0. The Morgan fingerprint density at radius 2 is 2.10 bits per heavy atom. The maximum Gasteiger partial charge on any atom is 0.182 e. The largest absolute Gasteiger partial charge is 0.509 e. The fourth-order valence-corrected chi connectivity index (χ4v) is 1.08. The first-order chi connectivity index (χ1) is 4.45. The van der Waals surface area contributed by atoms with Crippen molar-refractivity contribution in [1.82, 2.24) is 0 Å². The van der Waals surface area contributed by atoms with Gasteiger partial charge in [-0.1, -0.05) is 13.8 Å². The average Bonchev–Trinajstić information content (AvgIpc) is 1.95. The zero-order valence-corrected chi connectivity index (χ0v) is 6.14. The Labute approximate surface area is 59.5 Å². The zero-order chi connectivity index (χ0) is 7.94. The monoisotopic (exact) mass is 141 g/mol. The predicted molar refractivity (Wildman–Crippen MR) is 37.2 cm³/mol. The first-order valence-corrected chi connectivity index (χ1v) is 3.17. The molecule has 0 unspecified atom stereocenters. The van der Waals surface area contributed by atoms with Gasteiger partial charge in [0.1, 0.15) is 11.5 Å². The van der Waals surface area contributed by atoms with E-state index in [0.717, 1.165) is 0 Å². The number of Topliss-reactive ketones (excluding diaryl/α,β-unsaturated/α-hetero) is 1. The van der Waals surface area contributed by atoms with E-state index in [0.29, 0.717) is 6.42 Å². The Bertz CT molecular complexity index is 216. The fourth-order valence-electron chi connectivity index (χ4n) is 1.08. The summed E-state index contributed by atoms with van der Waals surface area (Å²) in [7, 11) is 0. The Kier molecular flexibility index (Phi) is 1.24. The van der Waals surface area contributed by atoms with Gasteiger partial charge in [0.05, 0.1) is 0 Å². The highest BCUT2D eigenvalue weighted by Gasteiger charge is 2.37. The molecule has 0 radical (unpaired) electrons. The smallest absolute Gasteiger partial charge is 0.182 e. The molecule has 0 saturated carbocycles. The number of aliphatic hydroxyl groups is 1. The van der Waals surface area contributed by atoms with Crippen LogP contribution in [-0.2, 0) is 4.79 Å². The summed E-state index contributed by atoms with van der Waals surface area (Å²) in [6.07, 6.45) is 0.324. The van der Waals surface area contributed by atoms with Crippen molar-refractivity contribution in [3.05, 3.63) is 11.5 Å². The number of allylic oxidation sites excluding steroid dienone is 2. The van der Waals surface area contributed by atoms with E-state index in [-0.39, 0.29) is 17.2 Å². The molecule has 3 N–H and O–H groups in total. The molecule has 3 heteroatoms. The molecule has 56 valence electrons. The minimum absolute atomic E-state index is 0.0324. The first kappa shape index (κ1) is 7.12. The van der Waals surface area contributed by atoms with Gasteiger partial charge in [-0.25, -0.2) is 0 Å². The van der Waals surface area contributed by atoms with E-state index >= 15 is 0 Å². The standard InChI is InChI=1S/C7H11NO2/c1-7(2)3-4(9)5(8)6(7)10/h10H,3,8H2,1-2H3. The van der Waals surface area contributed by atoms with E-state index in [1.54, 1.807) is 13.8 Å². The number of hydrogen-bond donors (Lipinski definition) is 2. The van der Waals surface area contributed by atoms with Crippen LogP contribution in [0.3, 0.4) is 0 Å². The second-order valence-electron chi connectivity index (χ2n) is 3.25. The minimum Gasteiger partial charge on any atom is -0.509 e. The molecule has 0 bridgehead atoms. The molecule has 0 fully saturated rings. The molecule has 0 saturated heterocycles. The van der Waals surface area contributed by atoms with Crippen LogP contribution in [0.5, 0.6) is 0 Å². The van der Waals surface area contributed by atoms with Gasteiger partial charge in [-0.15, -0.1) is 0 Å². The number of aliphatic hydroxyl groups excluding tert-OH is 1. The second-order valence-corrected chi connectivity index (χ2v) is 3.25. The zero-order valence-electron chi connectivity index (χ0n) is 6.14. The van der Waals surface area contributed by atoms with Gasteiger partial charge in [0, 0.05) is 11.8 Å². The van der Waals surface area contributed by atoms with Crippen LogP contribution in [0.4, 0.5) is 0 Å². The number of ketones is 1. The highest BCUT2D eigenvalue weighted by Crippen LogP contribution is 2.36. The lowest BCUT2D eigenvalue weighted by molar-refractivity contribution is -0.115. The van der Waals surface area contributed by atoms with Crippen LogP contribution in [-0.4, -0.2) is 10.9 Å². The third-order valence-corrected chi connectivity index (χ3v) is 1.80. The number of carbonyl (C=O) groups is 1. The molecular weight excluding hydrogens is 130 g/mol. The lowest BCUT2D eigenvalue weighted by Crippen LogP contribution is -2.10. The van der Waals surface area contributed by atoms with Gasteiger partial charge >= 0.3 is 0 Å². The van der Waals surface area contributed by atoms with Crippen LogP contribution in [0.25, 0.3) is 0 Å². The number of nitrogens with two attached hydrogens (primary N) is 1. The van der Waals surface area contributed by atoms with Crippen molar-refractivity contribution in [2.75, 3.05) is 0 Å². The number of rotatable bonds is 0. The van der Waals surface area contributed by atoms with Crippen LogP contribution in [0.2, 0.25) is 0 Å². The summed E-state index contributed by atoms with van der Waals surface area (Å²) in [5, 5.41) is 9.23. The van der Waals surface area contributed by atoms with Gasteiger partial charge in [0.25, 0.3) is 0 Å². The van der Waals surface area contributed by atoms with Crippen molar-refractivity contribution in [2.45, 2.75) is 20.3 Å². The third kappa shape index (κ3) is 0.781. The Morgan fingerprint density at radius 1 is 1.60 bits per heavy atom. The van der Waals surface area contributed by atoms with Crippen molar-refractivity contribution < 1.29 is 9.90 Å². The Morgan fingerprint density at radius 3 is 2.20 bits per heavy atom. The molecule has 0 atom stereocenters. The van der Waals surface area contributed by atoms with Crippen LogP contribution in [0.1, 0.15) is 20.3 Å². The maximum atomic E-state index is 10.9. The normalized spacial score (nSPS) is 24.0. The van der Waals surface area contributed by atoms with Crippen molar-refractivity contribution >= 4 is 5.78 Å². The molecule has 0 amide bonds. The van der Waals surface area contributed by atoms with E-state index in [2.05, 4.69) is 0 Å². The molecule has 0 aromatic rings. The van der Waals surface area contributed by atoms with Crippen LogP contribution in [0.15, 0.2) is 11.5 Å². The molecule has 0 aliphatic heterocycles. The SMILES string of the molecule is CC1(C)CC(=O)C(N)=C1O. The second kappa shape index (κ2) is 1.75. The average molecular weight is 141 g/mol. The summed E-state index contributed by atoms with van der Waals surface area (Å²) in [6, 6.07) is 0. The molecule has 1 aliphatic rings. The fraction of sp³-hybridized carbons (Fsp3) is 0.571. The summed E-state index contributed by atoms with van der Waals surface area (Å²) in [6.45, 7) is 3.58. The molecule has 0 aromatic heterocycles. The molecular formula is C7H11NO2. The third-order valence-electron chi connectivity index (χ3n) is 1.80. The van der Waals surface area contributed by atoms with Gasteiger partial charge in [-0.05, 0) is 0 Å². The minimum atomic E-state index is -0.443. The lowest BCUT2D eigenvalue weighted by Gasteiger charge is -2.14. The van der Waals surface area contributed by atoms with E-state index < -0.39 is 5.41 Å². The molecule has 1 rings (SSSR count). The van der Waals surface area contributed by atoms with E-state index in [9.17, 15) is 9.90 Å². The van der Waals surface area contributed by atoms with Crippen LogP contribution in [0, 0.1) is 5.41 Å². The van der Waals surface area contributed by atoms with E-state index in [1.165, 1.54) is 0 Å². The quantitative estimate of drug-likeness (QED) is 0.522. The van der Waals surface area contributed by atoms with Crippen molar-refractivity contribution in [2.24, 2.45) is 11.1 Å². The van der Waals surface area contributed by atoms with Gasteiger partial charge in [-0.2, -0.15) is 0 Å². The summed E-state index contributed by atoms with van der Waals surface area (Å²) in [5.41, 5.74) is 4.87. The molecule has 0 aromatic carbocycles. The summed E-state index contributed by atoms with van der Waals surface area (Å²) in [4.78, 5) is 10.9. The number of hydrogen-bond acceptors (Lipinski definition) is 3. The molecule has 3 nitrogen and oxygen atoms in total.